The Bertz CT molecular complexity index is 810. The fraction of sp³-hybridized carbons (Fsp3) is 0.500. The Hall–Kier alpha value is -2.11. The second kappa shape index (κ2) is 9.17. The maximum atomic E-state index is 12.2. The number of likely N-dealkylation sites (tertiary alicyclic amines) is 1. The van der Waals surface area contributed by atoms with Gasteiger partial charge in [0.15, 0.2) is 0 Å². The quantitative estimate of drug-likeness (QED) is 0.606. The summed E-state index contributed by atoms with van der Waals surface area (Å²) in [4.78, 5) is 14.0. The number of hydrogen-bond donors (Lipinski definition) is 0. The number of amides is 1. The van der Waals surface area contributed by atoms with Crippen LogP contribution in [0.4, 0.5) is 4.79 Å². The molecular formula is C26H37NO3Si. The predicted octanol–water partition coefficient (Wildman–Crippen LogP) is 4.82. The molecule has 0 unspecified atom stereocenters. The first kappa shape index (κ1) is 23.5. The molecule has 0 aromatic heterocycles. The van der Waals surface area contributed by atoms with Crippen LogP contribution >= 0.6 is 0 Å². The first-order chi connectivity index (χ1) is 14.5. The number of carbonyl (C=O) groups is 1. The van der Waals surface area contributed by atoms with Crippen molar-refractivity contribution in [3.05, 3.63) is 60.7 Å². The molecule has 2 aromatic rings. The Morgan fingerprint density at radius 1 is 0.903 bits per heavy atom. The van der Waals surface area contributed by atoms with E-state index in [1.807, 2.05) is 20.8 Å². The van der Waals surface area contributed by atoms with Crippen molar-refractivity contribution in [2.45, 2.75) is 58.6 Å². The zero-order valence-electron chi connectivity index (χ0n) is 19.9. The van der Waals surface area contributed by atoms with Crippen LogP contribution in [0.3, 0.4) is 0 Å². The summed E-state index contributed by atoms with van der Waals surface area (Å²) in [7, 11) is -2.48. The van der Waals surface area contributed by atoms with Crippen LogP contribution in [0.5, 0.6) is 0 Å². The molecular weight excluding hydrogens is 402 g/mol. The lowest BCUT2D eigenvalue weighted by Gasteiger charge is -2.44. The average Bonchev–Trinajstić information content (AvgIpc) is 2.65. The molecule has 2 aromatic carbocycles. The van der Waals surface area contributed by atoms with Crippen molar-refractivity contribution in [2.75, 3.05) is 19.7 Å². The van der Waals surface area contributed by atoms with Gasteiger partial charge in [0.25, 0.3) is 8.32 Å². The number of nitrogens with zero attached hydrogens (tertiary/aromatic N) is 1. The zero-order chi connectivity index (χ0) is 22.7. The number of carbonyl (C=O) groups excluding carboxylic acids is 1. The largest absolute Gasteiger partial charge is 0.444 e. The van der Waals surface area contributed by atoms with Crippen molar-refractivity contribution >= 4 is 24.8 Å². The van der Waals surface area contributed by atoms with Gasteiger partial charge in [0.1, 0.15) is 5.60 Å². The molecule has 4 nitrogen and oxygen atoms in total. The number of benzene rings is 2. The minimum Gasteiger partial charge on any atom is -0.444 e. The summed E-state index contributed by atoms with van der Waals surface area (Å²) in [5.41, 5.74) is -0.450. The van der Waals surface area contributed by atoms with Crippen molar-refractivity contribution in [3.8, 4) is 0 Å². The highest BCUT2D eigenvalue weighted by Crippen LogP contribution is 2.37. The molecule has 0 spiro atoms. The lowest BCUT2D eigenvalue weighted by molar-refractivity contribution is -0.00400. The first-order valence-corrected chi connectivity index (χ1v) is 13.2. The molecule has 0 atom stereocenters. The molecule has 0 saturated carbocycles. The lowest BCUT2D eigenvalue weighted by atomic mass is 9.97. The van der Waals surface area contributed by atoms with E-state index in [9.17, 15) is 4.79 Å². The summed E-state index contributed by atoms with van der Waals surface area (Å²) in [6.07, 6.45) is 0.737. The van der Waals surface area contributed by atoms with Crippen molar-refractivity contribution in [1.29, 1.82) is 0 Å². The van der Waals surface area contributed by atoms with Gasteiger partial charge in [-0.2, -0.15) is 0 Å². The van der Waals surface area contributed by atoms with E-state index in [0.717, 1.165) is 19.5 Å². The van der Waals surface area contributed by atoms with E-state index in [4.69, 9.17) is 9.16 Å². The number of ether oxygens (including phenoxy) is 1. The van der Waals surface area contributed by atoms with E-state index in [2.05, 4.69) is 81.4 Å². The molecule has 1 aliphatic rings. The predicted molar refractivity (Wildman–Crippen MR) is 129 cm³/mol. The van der Waals surface area contributed by atoms with Gasteiger partial charge in [-0.1, -0.05) is 81.4 Å². The standard InChI is InChI=1S/C26H37NO3Si/c1-25(2,3)30-24(28)27-19-21(20-27)17-18-29-31(26(4,5)6,22-13-9-7-10-14-22)23-15-11-8-12-16-23/h7-16,21H,17-20H2,1-6H3. The van der Waals surface area contributed by atoms with E-state index in [0.29, 0.717) is 12.5 Å². The molecule has 5 heteroatoms. The molecule has 0 bridgehead atoms. The van der Waals surface area contributed by atoms with Gasteiger partial charge >= 0.3 is 6.09 Å². The fourth-order valence-electron chi connectivity index (χ4n) is 4.37. The summed E-state index contributed by atoms with van der Waals surface area (Å²) < 4.78 is 12.4. The molecule has 0 aliphatic carbocycles. The van der Waals surface area contributed by atoms with Crippen LogP contribution in [0.1, 0.15) is 48.0 Å². The molecule has 1 fully saturated rings. The normalized spacial score (nSPS) is 15.5. The van der Waals surface area contributed by atoms with E-state index in [1.165, 1.54) is 10.4 Å². The van der Waals surface area contributed by atoms with Crippen LogP contribution in [0.2, 0.25) is 5.04 Å². The van der Waals surface area contributed by atoms with Gasteiger partial charge in [-0.15, -0.1) is 0 Å². The molecule has 1 saturated heterocycles. The van der Waals surface area contributed by atoms with E-state index >= 15 is 0 Å². The molecule has 1 aliphatic heterocycles. The van der Waals surface area contributed by atoms with E-state index in [1.54, 1.807) is 4.90 Å². The molecule has 0 N–H and O–H groups in total. The van der Waals surface area contributed by atoms with Crippen LogP contribution in [0.25, 0.3) is 0 Å². The fourth-order valence-corrected chi connectivity index (χ4v) is 8.95. The van der Waals surface area contributed by atoms with Crippen molar-refractivity contribution in [3.63, 3.8) is 0 Å². The summed E-state index contributed by atoms with van der Waals surface area (Å²) >= 11 is 0. The zero-order valence-corrected chi connectivity index (χ0v) is 20.9. The highest BCUT2D eigenvalue weighted by Gasteiger charge is 2.50. The third-order valence-corrected chi connectivity index (χ3v) is 10.9. The highest BCUT2D eigenvalue weighted by molar-refractivity contribution is 6.99. The third-order valence-electron chi connectivity index (χ3n) is 5.87. The van der Waals surface area contributed by atoms with Gasteiger partial charge in [-0.3, -0.25) is 0 Å². The van der Waals surface area contributed by atoms with Crippen molar-refractivity contribution in [2.24, 2.45) is 5.92 Å². The van der Waals surface area contributed by atoms with Crippen LogP contribution in [0.15, 0.2) is 60.7 Å². The van der Waals surface area contributed by atoms with Crippen molar-refractivity contribution < 1.29 is 14.0 Å². The SMILES string of the molecule is CC(C)(C)OC(=O)N1CC(CCO[Si](c2ccccc2)(c2ccccc2)C(C)(C)C)C1. The summed E-state index contributed by atoms with van der Waals surface area (Å²) in [6, 6.07) is 21.5. The van der Waals surface area contributed by atoms with E-state index < -0.39 is 13.9 Å². The van der Waals surface area contributed by atoms with Crippen molar-refractivity contribution in [1.82, 2.24) is 4.90 Å². The summed E-state index contributed by atoms with van der Waals surface area (Å²) in [5, 5.41) is 2.59. The molecule has 168 valence electrons. The number of rotatable bonds is 6. The third kappa shape index (κ3) is 5.39. The maximum absolute atomic E-state index is 12.2. The minimum absolute atomic E-state index is 0.0160. The maximum Gasteiger partial charge on any atom is 0.410 e. The van der Waals surface area contributed by atoms with Gasteiger partial charge in [-0.05, 0) is 48.5 Å². The Balaban J connectivity index is 1.71. The summed E-state index contributed by atoms with van der Waals surface area (Å²) in [5.74, 6) is 0.464. The molecule has 1 amide bonds. The summed E-state index contributed by atoms with van der Waals surface area (Å²) in [6.45, 7) is 14.8. The van der Waals surface area contributed by atoms with Gasteiger partial charge in [0.2, 0.25) is 0 Å². The Kier molecular flexibility index (Phi) is 6.97. The van der Waals surface area contributed by atoms with Gasteiger partial charge in [0, 0.05) is 19.7 Å². The number of hydrogen-bond acceptors (Lipinski definition) is 3. The van der Waals surface area contributed by atoms with Crippen LogP contribution < -0.4 is 10.4 Å². The minimum atomic E-state index is -2.48. The Morgan fingerprint density at radius 2 is 1.39 bits per heavy atom. The van der Waals surface area contributed by atoms with Gasteiger partial charge in [-0.25, -0.2) is 4.79 Å². The van der Waals surface area contributed by atoms with Crippen LogP contribution in [-0.2, 0) is 9.16 Å². The monoisotopic (exact) mass is 439 g/mol. The highest BCUT2D eigenvalue weighted by atomic mass is 28.4. The molecule has 31 heavy (non-hydrogen) atoms. The molecule has 3 rings (SSSR count). The van der Waals surface area contributed by atoms with Crippen LogP contribution in [-0.4, -0.2) is 44.6 Å². The molecule has 1 heterocycles. The first-order valence-electron chi connectivity index (χ1n) is 11.3. The van der Waals surface area contributed by atoms with Crippen LogP contribution in [0, 0.1) is 5.92 Å². The average molecular weight is 440 g/mol. The molecule has 0 radical (unpaired) electrons. The Labute approximate surface area is 188 Å². The van der Waals surface area contributed by atoms with E-state index in [-0.39, 0.29) is 11.1 Å². The Morgan fingerprint density at radius 3 is 1.81 bits per heavy atom. The lowest BCUT2D eigenvalue weighted by Crippen LogP contribution is -2.66. The van der Waals surface area contributed by atoms with Gasteiger partial charge < -0.3 is 14.1 Å². The van der Waals surface area contributed by atoms with Gasteiger partial charge in [0.05, 0.1) is 0 Å². The second-order valence-corrected chi connectivity index (χ2v) is 14.9. The topological polar surface area (TPSA) is 38.8 Å². The smallest absolute Gasteiger partial charge is 0.410 e. The second-order valence-electron chi connectivity index (χ2n) is 10.6.